The standard InChI is InChI=1S/C6H10O2S2/c1-2-8-6(7)5-3-9-10-4-5/h5H,2-4H2,1H3. The highest BCUT2D eigenvalue weighted by atomic mass is 33.1. The maximum Gasteiger partial charge on any atom is 0.310 e. The van der Waals surface area contributed by atoms with Gasteiger partial charge in [0.15, 0.2) is 0 Å². The van der Waals surface area contributed by atoms with Gasteiger partial charge in [0, 0.05) is 11.5 Å². The van der Waals surface area contributed by atoms with Crippen LogP contribution < -0.4 is 0 Å². The van der Waals surface area contributed by atoms with Crippen molar-refractivity contribution in [1.82, 2.24) is 0 Å². The van der Waals surface area contributed by atoms with Crippen molar-refractivity contribution in [3.8, 4) is 0 Å². The highest BCUT2D eigenvalue weighted by Gasteiger charge is 2.24. The lowest BCUT2D eigenvalue weighted by Crippen LogP contribution is -2.18. The van der Waals surface area contributed by atoms with Crippen LogP contribution in [0, 0.1) is 5.92 Å². The van der Waals surface area contributed by atoms with Gasteiger partial charge in [-0.05, 0) is 6.92 Å². The van der Waals surface area contributed by atoms with Crippen LogP contribution in [0.2, 0.25) is 0 Å². The molecule has 0 radical (unpaired) electrons. The van der Waals surface area contributed by atoms with Gasteiger partial charge < -0.3 is 4.74 Å². The Morgan fingerprint density at radius 3 is 2.70 bits per heavy atom. The fourth-order valence-corrected chi connectivity index (χ4v) is 3.45. The SMILES string of the molecule is CCOC(=O)C1CSSC1. The van der Waals surface area contributed by atoms with Gasteiger partial charge in [-0.2, -0.15) is 0 Å². The monoisotopic (exact) mass is 178 g/mol. The van der Waals surface area contributed by atoms with Crippen molar-refractivity contribution in [2.75, 3.05) is 18.1 Å². The number of carbonyl (C=O) groups is 1. The van der Waals surface area contributed by atoms with Gasteiger partial charge in [-0.3, -0.25) is 4.79 Å². The molecule has 1 aliphatic rings. The van der Waals surface area contributed by atoms with E-state index in [0.717, 1.165) is 11.5 Å². The Kier molecular flexibility index (Phi) is 3.42. The van der Waals surface area contributed by atoms with Crippen LogP contribution in [0.4, 0.5) is 0 Å². The number of esters is 1. The van der Waals surface area contributed by atoms with Gasteiger partial charge in [0.2, 0.25) is 0 Å². The summed E-state index contributed by atoms with van der Waals surface area (Å²) in [7, 11) is 3.50. The molecule has 0 N–H and O–H groups in total. The Morgan fingerprint density at radius 2 is 2.20 bits per heavy atom. The maximum atomic E-state index is 11.0. The van der Waals surface area contributed by atoms with Crippen LogP contribution in [0.25, 0.3) is 0 Å². The zero-order valence-corrected chi connectivity index (χ0v) is 7.46. The number of hydrogen-bond acceptors (Lipinski definition) is 4. The van der Waals surface area contributed by atoms with Crippen molar-refractivity contribution in [2.24, 2.45) is 5.92 Å². The van der Waals surface area contributed by atoms with E-state index in [1.165, 1.54) is 0 Å². The van der Waals surface area contributed by atoms with E-state index in [0.29, 0.717) is 6.61 Å². The Morgan fingerprint density at radius 1 is 1.60 bits per heavy atom. The van der Waals surface area contributed by atoms with Gasteiger partial charge in [0.05, 0.1) is 12.5 Å². The quantitative estimate of drug-likeness (QED) is 0.473. The van der Waals surface area contributed by atoms with E-state index in [1.807, 2.05) is 6.92 Å². The Bertz CT molecular complexity index is 121. The third-order valence-corrected chi connectivity index (χ3v) is 3.80. The maximum absolute atomic E-state index is 11.0. The van der Waals surface area contributed by atoms with Crippen LogP contribution >= 0.6 is 21.6 Å². The van der Waals surface area contributed by atoms with Gasteiger partial charge in [-0.15, -0.1) is 0 Å². The molecule has 0 bridgehead atoms. The molecule has 2 nitrogen and oxygen atoms in total. The van der Waals surface area contributed by atoms with Crippen LogP contribution in [-0.2, 0) is 9.53 Å². The predicted molar refractivity (Wildman–Crippen MR) is 45.0 cm³/mol. The summed E-state index contributed by atoms with van der Waals surface area (Å²) in [6.07, 6.45) is 0. The Labute approximate surface area is 68.5 Å². The van der Waals surface area contributed by atoms with E-state index in [2.05, 4.69) is 0 Å². The molecule has 1 heterocycles. The second kappa shape index (κ2) is 4.13. The summed E-state index contributed by atoms with van der Waals surface area (Å²) in [5.41, 5.74) is 0. The van der Waals surface area contributed by atoms with E-state index in [1.54, 1.807) is 21.6 Å². The minimum absolute atomic E-state index is 0.0278. The third-order valence-electron chi connectivity index (χ3n) is 1.24. The van der Waals surface area contributed by atoms with Crippen LogP contribution in [0.3, 0.4) is 0 Å². The number of rotatable bonds is 2. The molecule has 1 rings (SSSR count). The molecule has 4 heteroatoms. The molecule has 10 heavy (non-hydrogen) atoms. The molecule has 0 saturated carbocycles. The van der Waals surface area contributed by atoms with Crippen LogP contribution in [0.5, 0.6) is 0 Å². The highest BCUT2D eigenvalue weighted by Crippen LogP contribution is 2.34. The van der Waals surface area contributed by atoms with Crippen molar-refractivity contribution in [3.05, 3.63) is 0 Å². The van der Waals surface area contributed by atoms with Crippen molar-refractivity contribution >= 4 is 27.6 Å². The number of hydrogen-bond donors (Lipinski definition) is 0. The van der Waals surface area contributed by atoms with Crippen molar-refractivity contribution < 1.29 is 9.53 Å². The fourth-order valence-electron chi connectivity index (χ4n) is 0.705. The summed E-state index contributed by atoms with van der Waals surface area (Å²) in [6.45, 7) is 2.35. The minimum atomic E-state index is -0.0278. The first kappa shape index (κ1) is 8.27. The van der Waals surface area contributed by atoms with Crippen LogP contribution in [0.1, 0.15) is 6.92 Å². The number of carbonyl (C=O) groups excluding carboxylic acids is 1. The van der Waals surface area contributed by atoms with Crippen LogP contribution in [-0.4, -0.2) is 24.1 Å². The zero-order chi connectivity index (χ0) is 7.40. The molecule has 1 fully saturated rings. The second-order valence-electron chi connectivity index (χ2n) is 2.02. The van der Waals surface area contributed by atoms with Crippen LogP contribution in [0.15, 0.2) is 0 Å². The van der Waals surface area contributed by atoms with E-state index < -0.39 is 0 Å². The third kappa shape index (κ3) is 2.09. The average molecular weight is 178 g/mol. The molecule has 0 aliphatic carbocycles. The van der Waals surface area contributed by atoms with Gasteiger partial charge in [-0.1, -0.05) is 21.6 Å². The molecule has 0 spiro atoms. The summed E-state index contributed by atoms with van der Waals surface area (Å²) in [4.78, 5) is 11.0. The molecule has 0 atom stereocenters. The molecule has 0 unspecified atom stereocenters. The minimum Gasteiger partial charge on any atom is -0.466 e. The first-order chi connectivity index (χ1) is 4.84. The largest absolute Gasteiger partial charge is 0.466 e. The molecule has 0 aromatic rings. The normalized spacial score (nSPS) is 19.3. The predicted octanol–water partition coefficient (Wildman–Crippen LogP) is 1.56. The Balaban J connectivity index is 2.25. The molecule has 0 aromatic carbocycles. The summed E-state index contributed by atoms with van der Waals surface area (Å²) >= 11 is 0. The van der Waals surface area contributed by atoms with Gasteiger partial charge in [0.25, 0.3) is 0 Å². The summed E-state index contributed by atoms with van der Waals surface area (Å²) in [6, 6.07) is 0. The smallest absolute Gasteiger partial charge is 0.310 e. The van der Waals surface area contributed by atoms with Gasteiger partial charge >= 0.3 is 5.97 Å². The van der Waals surface area contributed by atoms with Gasteiger partial charge in [0.1, 0.15) is 0 Å². The van der Waals surface area contributed by atoms with E-state index in [4.69, 9.17) is 4.74 Å². The lowest BCUT2D eigenvalue weighted by atomic mass is 10.2. The lowest BCUT2D eigenvalue weighted by molar-refractivity contribution is -0.146. The molecule has 0 aromatic heterocycles. The van der Waals surface area contributed by atoms with Crippen molar-refractivity contribution in [2.45, 2.75) is 6.92 Å². The Hall–Kier alpha value is 0.170. The first-order valence-electron chi connectivity index (χ1n) is 3.25. The summed E-state index contributed by atoms with van der Waals surface area (Å²) < 4.78 is 4.86. The number of ether oxygens (including phenoxy) is 1. The van der Waals surface area contributed by atoms with E-state index in [9.17, 15) is 4.79 Å². The summed E-state index contributed by atoms with van der Waals surface area (Å²) in [5, 5.41) is 0. The fraction of sp³-hybridized carbons (Fsp3) is 0.833. The highest BCUT2D eigenvalue weighted by molar-refractivity contribution is 8.77. The first-order valence-corrected chi connectivity index (χ1v) is 5.74. The molecule has 1 saturated heterocycles. The van der Waals surface area contributed by atoms with Gasteiger partial charge in [-0.25, -0.2) is 0 Å². The molecular formula is C6H10O2S2. The molecule has 58 valence electrons. The second-order valence-corrected chi connectivity index (χ2v) is 4.57. The molecule has 0 amide bonds. The topological polar surface area (TPSA) is 26.3 Å². The lowest BCUT2D eigenvalue weighted by Gasteiger charge is -2.04. The van der Waals surface area contributed by atoms with E-state index >= 15 is 0 Å². The molecular weight excluding hydrogens is 168 g/mol. The van der Waals surface area contributed by atoms with Crippen molar-refractivity contribution in [3.63, 3.8) is 0 Å². The molecule has 1 aliphatic heterocycles. The van der Waals surface area contributed by atoms with Crippen molar-refractivity contribution in [1.29, 1.82) is 0 Å². The summed E-state index contributed by atoms with van der Waals surface area (Å²) in [5.74, 6) is 1.96. The zero-order valence-electron chi connectivity index (χ0n) is 5.83. The average Bonchev–Trinajstić information content (AvgIpc) is 2.38. The van der Waals surface area contributed by atoms with E-state index in [-0.39, 0.29) is 11.9 Å².